The van der Waals surface area contributed by atoms with E-state index in [1.54, 1.807) is 0 Å². The Morgan fingerprint density at radius 1 is 0.632 bits per heavy atom. The molecule has 57 heavy (non-hydrogen) atoms. The van der Waals surface area contributed by atoms with E-state index < -0.39 is 34.6 Å². The van der Waals surface area contributed by atoms with Gasteiger partial charge < -0.3 is 19.9 Å². The SMILES string of the molecule is COc1cnn(-c2cccc(C(F)(F)F)c2)c(=O)c1Cl.COc1cnn(-c2cccc(C(F)(F)F)c2)c(=O)c1OC.Cc1cccc(-n2ncc(N)c(Br)c2=O)c1. The molecule has 0 aliphatic heterocycles. The maximum Gasteiger partial charge on any atom is 0.416 e. The van der Waals surface area contributed by atoms with Gasteiger partial charge in [-0.25, -0.2) is 0 Å². The van der Waals surface area contributed by atoms with Gasteiger partial charge in [-0.3, -0.25) is 14.4 Å². The van der Waals surface area contributed by atoms with Gasteiger partial charge in [-0.05, 0) is 76.9 Å². The number of nitrogens with zero attached hydrogens (tertiary/aromatic N) is 6. The highest BCUT2D eigenvalue weighted by Gasteiger charge is 2.31. The highest BCUT2D eigenvalue weighted by atomic mass is 79.9. The fourth-order valence-corrected chi connectivity index (χ4v) is 5.18. The number of halogens is 8. The summed E-state index contributed by atoms with van der Waals surface area (Å²) in [6.45, 7) is 1.96. The van der Waals surface area contributed by atoms with Crippen molar-refractivity contribution in [2.45, 2.75) is 19.3 Å². The summed E-state index contributed by atoms with van der Waals surface area (Å²) in [6.07, 6.45) is -5.20. The summed E-state index contributed by atoms with van der Waals surface area (Å²) in [6, 6.07) is 16.1. The van der Waals surface area contributed by atoms with Crippen LogP contribution in [0.4, 0.5) is 32.0 Å². The van der Waals surface area contributed by atoms with E-state index in [2.05, 4.69) is 31.2 Å². The van der Waals surface area contributed by atoms with E-state index in [0.717, 1.165) is 51.1 Å². The molecule has 0 bridgehead atoms. The lowest BCUT2D eigenvalue weighted by Gasteiger charge is -2.11. The summed E-state index contributed by atoms with van der Waals surface area (Å²) in [5, 5.41) is 11.3. The Labute approximate surface area is 331 Å². The van der Waals surface area contributed by atoms with E-state index in [-0.39, 0.29) is 39.2 Å². The molecule has 21 heteroatoms. The Hall–Kier alpha value is -6.15. The predicted molar refractivity (Wildman–Crippen MR) is 201 cm³/mol. The van der Waals surface area contributed by atoms with Crippen LogP contribution in [-0.2, 0) is 12.4 Å². The Bertz CT molecular complexity index is 2560. The number of alkyl halides is 6. The molecule has 0 aliphatic rings. The Morgan fingerprint density at radius 2 is 1.07 bits per heavy atom. The van der Waals surface area contributed by atoms with Gasteiger partial charge in [0.1, 0.15) is 4.47 Å². The summed E-state index contributed by atoms with van der Waals surface area (Å²) < 4.78 is 93.8. The van der Waals surface area contributed by atoms with Crippen LogP contribution in [-0.4, -0.2) is 50.7 Å². The first kappa shape index (κ1) is 43.6. The minimum atomic E-state index is -4.50. The molecule has 0 amide bonds. The van der Waals surface area contributed by atoms with Crippen LogP contribution in [0.3, 0.4) is 0 Å². The zero-order valence-electron chi connectivity index (χ0n) is 29.9. The molecule has 300 valence electrons. The zero-order chi connectivity index (χ0) is 42.2. The fraction of sp³-hybridized carbons (Fsp3) is 0.167. The average molecular weight is 885 g/mol. The second kappa shape index (κ2) is 18.2. The second-order valence-electron chi connectivity index (χ2n) is 11.3. The second-order valence-corrected chi connectivity index (χ2v) is 12.4. The Morgan fingerprint density at radius 3 is 1.54 bits per heavy atom. The van der Waals surface area contributed by atoms with E-state index in [0.29, 0.717) is 10.2 Å². The summed E-state index contributed by atoms with van der Waals surface area (Å²) in [7, 11) is 3.89. The van der Waals surface area contributed by atoms with Crippen molar-refractivity contribution >= 4 is 33.2 Å². The number of methoxy groups -OCH3 is 3. The molecule has 3 heterocycles. The number of aromatic nitrogens is 6. The molecule has 3 aromatic heterocycles. The lowest BCUT2D eigenvalue weighted by Crippen LogP contribution is -2.23. The van der Waals surface area contributed by atoms with Crippen LogP contribution in [0, 0.1) is 6.92 Å². The third-order valence-corrected chi connectivity index (χ3v) is 8.60. The predicted octanol–water partition coefficient (Wildman–Crippen LogP) is 7.07. The summed E-state index contributed by atoms with van der Waals surface area (Å²) in [5.74, 6) is 0.0236. The summed E-state index contributed by atoms with van der Waals surface area (Å²) >= 11 is 8.90. The molecule has 0 fully saturated rings. The molecular formula is C36H29BrClF6N7O6. The van der Waals surface area contributed by atoms with Crippen molar-refractivity contribution < 1.29 is 40.6 Å². The first-order chi connectivity index (χ1) is 26.8. The van der Waals surface area contributed by atoms with E-state index in [1.165, 1.54) is 62.7 Å². The summed E-state index contributed by atoms with van der Waals surface area (Å²) in [5.41, 5.74) is 4.18. The monoisotopic (exact) mass is 883 g/mol. The van der Waals surface area contributed by atoms with Crippen molar-refractivity contribution in [1.82, 2.24) is 29.3 Å². The maximum atomic E-state index is 12.7. The van der Waals surface area contributed by atoms with Gasteiger partial charge in [0.2, 0.25) is 5.75 Å². The van der Waals surface area contributed by atoms with Crippen LogP contribution < -0.4 is 36.6 Å². The van der Waals surface area contributed by atoms with Crippen molar-refractivity contribution in [3.05, 3.63) is 149 Å². The minimum Gasteiger partial charge on any atom is -0.493 e. The Kier molecular flexibility index (Phi) is 13.9. The molecule has 0 saturated heterocycles. The standard InChI is InChI=1S/C13H11F3N2O3.C12H8ClF3N2O2.C11H10BrN3O/c1-20-10-7-17-18(12(19)11(10)21-2)9-5-3-4-8(6-9)13(14,15)16;1-20-9-6-17-18(11(19)10(9)13)8-4-2-3-7(5-8)12(14,15)16;1-7-3-2-4-8(5-7)15-11(16)10(12)9(13)6-14-15/h3-7H,1-2H3;2-6H,1H3;2-6H,13H2,1H3. The van der Waals surface area contributed by atoms with E-state index in [1.807, 2.05) is 31.2 Å². The maximum absolute atomic E-state index is 12.7. The van der Waals surface area contributed by atoms with Crippen LogP contribution in [0.15, 0.2) is 110 Å². The van der Waals surface area contributed by atoms with Crippen LogP contribution >= 0.6 is 27.5 Å². The first-order valence-electron chi connectivity index (χ1n) is 15.8. The van der Waals surface area contributed by atoms with Gasteiger partial charge in [-0.15, -0.1) is 0 Å². The van der Waals surface area contributed by atoms with Crippen LogP contribution in [0.25, 0.3) is 17.1 Å². The smallest absolute Gasteiger partial charge is 0.416 e. The third-order valence-electron chi connectivity index (χ3n) is 7.46. The molecule has 13 nitrogen and oxygen atoms in total. The zero-order valence-corrected chi connectivity index (χ0v) is 32.2. The van der Waals surface area contributed by atoms with E-state index in [9.17, 15) is 40.7 Å². The third kappa shape index (κ3) is 10.4. The van der Waals surface area contributed by atoms with Gasteiger partial charge in [0.05, 0.1) is 73.8 Å². The average Bonchev–Trinajstić information content (AvgIpc) is 3.18. The van der Waals surface area contributed by atoms with E-state index in [4.69, 9.17) is 31.5 Å². The molecule has 0 radical (unpaired) electrons. The molecule has 6 aromatic rings. The minimum absolute atomic E-state index is 0.0178. The van der Waals surface area contributed by atoms with Gasteiger partial charge in [-0.2, -0.15) is 55.7 Å². The normalized spacial score (nSPS) is 11.1. The van der Waals surface area contributed by atoms with Gasteiger partial charge in [0.25, 0.3) is 11.1 Å². The molecule has 0 spiro atoms. The van der Waals surface area contributed by atoms with Crippen molar-refractivity contribution in [2.75, 3.05) is 27.1 Å². The number of benzene rings is 3. The van der Waals surface area contributed by atoms with Gasteiger partial charge in [0, 0.05) is 0 Å². The van der Waals surface area contributed by atoms with Crippen molar-refractivity contribution in [3.63, 3.8) is 0 Å². The van der Waals surface area contributed by atoms with Crippen molar-refractivity contribution in [3.8, 4) is 34.3 Å². The quantitative estimate of drug-likeness (QED) is 0.172. The molecule has 0 unspecified atom stereocenters. The van der Waals surface area contributed by atoms with Gasteiger partial charge in [0.15, 0.2) is 16.5 Å². The molecule has 3 aromatic carbocycles. The highest BCUT2D eigenvalue weighted by Crippen LogP contribution is 2.31. The Balaban J connectivity index is 0.000000191. The van der Waals surface area contributed by atoms with Crippen molar-refractivity contribution in [2.24, 2.45) is 0 Å². The van der Waals surface area contributed by atoms with Gasteiger partial charge in [-0.1, -0.05) is 35.9 Å². The number of hydrogen-bond donors (Lipinski definition) is 1. The molecule has 0 atom stereocenters. The topological polar surface area (TPSA) is 158 Å². The lowest BCUT2D eigenvalue weighted by molar-refractivity contribution is -0.138. The molecule has 0 saturated carbocycles. The van der Waals surface area contributed by atoms with Crippen LogP contribution in [0.2, 0.25) is 5.02 Å². The number of rotatable bonds is 6. The van der Waals surface area contributed by atoms with Crippen molar-refractivity contribution in [1.29, 1.82) is 0 Å². The van der Waals surface area contributed by atoms with Crippen LogP contribution in [0.5, 0.6) is 17.2 Å². The molecule has 6 rings (SSSR count). The number of aryl methyl sites for hydroxylation is 1. The number of nitrogens with two attached hydrogens (primary N) is 1. The molecule has 0 aliphatic carbocycles. The largest absolute Gasteiger partial charge is 0.493 e. The lowest BCUT2D eigenvalue weighted by atomic mass is 10.2. The van der Waals surface area contributed by atoms with E-state index >= 15 is 0 Å². The number of nitrogen functional groups attached to an aromatic ring is 1. The number of ether oxygens (including phenoxy) is 3. The molecular weight excluding hydrogens is 856 g/mol. The highest BCUT2D eigenvalue weighted by molar-refractivity contribution is 9.10. The summed E-state index contributed by atoms with van der Waals surface area (Å²) in [4.78, 5) is 35.9. The van der Waals surface area contributed by atoms with Crippen LogP contribution in [0.1, 0.15) is 16.7 Å². The first-order valence-corrected chi connectivity index (χ1v) is 17.0. The molecule has 2 N–H and O–H groups in total. The number of anilines is 1. The fourth-order valence-electron chi connectivity index (χ4n) is 4.70. The van der Waals surface area contributed by atoms with Gasteiger partial charge >= 0.3 is 17.9 Å². The number of hydrogen-bond acceptors (Lipinski definition) is 10.